The molecule has 2 aromatic rings. The van der Waals surface area contributed by atoms with E-state index in [1.54, 1.807) is 4.68 Å². The fraction of sp³-hybridized carbons (Fsp3) is 0.500. The molecule has 0 fully saturated rings. The summed E-state index contributed by atoms with van der Waals surface area (Å²) in [7, 11) is 0. The summed E-state index contributed by atoms with van der Waals surface area (Å²) >= 11 is 4.94. The highest BCUT2D eigenvalue weighted by Crippen LogP contribution is 2.36. The summed E-state index contributed by atoms with van der Waals surface area (Å²) in [5, 5.41) is 22.8. The predicted molar refractivity (Wildman–Crippen MR) is 79.6 cm³/mol. The fourth-order valence-electron chi connectivity index (χ4n) is 1.95. The number of nitrogens with zero attached hydrogens (tertiary/aromatic N) is 4. The highest BCUT2D eigenvalue weighted by atomic mass is 79.9. The van der Waals surface area contributed by atoms with Gasteiger partial charge in [0.05, 0.1) is 16.2 Å². The van der Waals surface area contributed by atoms with Crippen LogP contribution in [0.5, 0.6) is 0 Å². The Morgan fingerprint density at radius 2 is 2.25 bits per heavy atom. The molecule has 1 unspecified atom stereocenters. The zero-order chi connectivity index (χ0) is 14.9. The van der Waals surface area contributed by atoms with Crippen molar-refractivity contribution in [2.24, 2.45) is 5.41 Å². The van der Waals surface area contributed by atoms with Gasteiger partial charge in [-0.05, 0) is 37.8 Å². The van der Waals surface area contributed by atoms with Gasteiger partial charge >= 0.3 is 5.97 Å². The molecule has 0 aliphatic carbocycles. The van der Waals surface area contributed by atoms with Crippen LogP contribution in [-0.2, 0) is 4.79 Å². The van der Waals surface area contributed by atoms with Gasteiger partial charge in [0.2, 0.25) is 0 Å². The minimum absolute atomic E-state index is 0.0210. The molecule has 0 saturated heterocycles. The molecule has 0 saturated carbocycles. The molecule has 0 aromatic carbocycles. The standard InChI is InChI=1S/C12H15BrN4O2S/c1-12(2,3)8(5-10(18)19)17-11(14-15-16-17)7-4-9(13)20-6-7/h4,6,8H,5H2,1-3H3,(H,18,19). The molecule has 2 aromatic heterocycles. The number of thiophene rings is 1. The largest absolute Gasteiger partial charge is 0.481 e. The van der Waals surface area contributed by atoms with Crippen molar-refractivity contribution in [1.29, 1.82) is 0 Å². The number of hydrogen-bond acceptors (Lipinski definition) is 5. The molecule has 2 heterocycles. The third-order valence-electron chi connectivity index (χ3n) is 2.98. The number of halogens is 1. The van der Waals surface area contributed by atoms with Gasteiger partial charge < -0.3 is 5.11 Å². The van der Waals surface area contributed by atoms with Crippen LogP contribution in [0.2, 0.25) is 0 Å². The molecule has 0 spiro atoms. The average Bonchev–Trinajstić information content (AvgIpc) is 2.92. The summed E-state index contributed by atoms with van der Waals surface area (Å²) in [6.45, 7) is 5.95. The van der Waals surface area contributed by atoms with Crippen molar-refractivity contribution in [2.45, 2.75) is 33.2 Å². The van der Waals surface area contributed by atoms with E-state index in [9.17, 15) is 4.79 Å². The van der Waals surface area contributed by atoms with Gasteiger partial charge in [-0.1, -0.05) is 20.8 Å². The molecule has 0 amide bonds. The first kappa shape index (κ1) is 15.1. The Morgan fingerprint density at radius 3 is 2.75 bits per heavy atom. The van der Waals surface area contributed by atoms with Crippen LogP contribution >= 0.6 is 27.3 Å². The van der Waals surface area contributed by atoms with Crippen LogP contribution < -0.4 is 0 Å². The zero-order valence-corrected chi connectivity index (χ0v) is 13.8. The molecule has 6 nitrogen and oxygen atoms in total. The molecule has 108 valence electrons. The lowest BCUT2D eigenvalue weighted by Crippen LogP contribution is -2.28. The zero-order valence-electron chi connectivity index (χ0n) is 11.4. The number of rotatable bonds is 4. The van der Waals surface area contributed by atoms with Crippen molar-refractivity contribution in [1.82, 2.24) is 20.2 Å². The number of aliphatic carboxylic acids is 1. The first-order valence-corrected chi connectivity index (χ1v) is 7.70. The number of carboxylic acids is 1. The van der Waals surface area contributed by atoms with E-state index in [0.717, 1.165) is 9.35 Å². The van der Waals surface area contributed by atoms with Gasteiger partial charge in [0.1, 0.15) is 0 Å². The lowest BCUT2D eigenvalue weighted by molar-refractivity contribution is -0.138. The second-order valence-corrected chi connectivity index (χ2v) is 7.86. The molecule has 0 aliphatic heterocycles. The minimum atomic E-state index is -0.863. The first-order valence-electron chi connectivity index (χ1n) is 6.03. The van der Waals surface area contributed by atoms with Gasteiger partial charge in [0.25, 0.3) is 0 Å². The summed E-state index contributed by atoms with van der Waals surface area (Å²) in [6.07, 6.45) is -0.0210. The van der Waals surface area contributed by atoms with E-state index in [1.165, 1.54) is 11.3 Å². The number of carboxylic acid groups (broad SMARTS) is 1. The maximum absolute atomic E-state index is 11.1. The van der Waals surface area contributed by atoms with Crippen molar-refractivity contribution in [3.05, 3.63) is 15.2 Å². The van der Waals surface area contributed by atoms with E-state index < -0.39 is 5.97 Å². The highest BCUT2D eigenvalue weighted by Gasteiger charge is 2.32. The molecule has 8 heteroatoms. The third-order valence-corrected chi connectivity index (χ3v) is 4.49. The van der Waals surface area contributed by atoms with Gasteiger partial charge in [-0.15, -0.1) is 16.4 Å². The Balaban J connectivity index is 2.45. The Bertz CT molecular complexity index is 617. The molecule has 20 heavy (non-hydrogen) atoms. The summed E-state index contributed by atoms with van der Waals surface area (Å²) in [6, 6.07) is 1.61. The SMILES string of the molecule is CC(C)(C)C(CC(=O)O)n1nnnc1-c1csc(Br)c1. The van der Waals surface area contributed by atoms with E-state index >= 15 is 0 Å². The van der Waals surface area contributed by atoms with Crippen LogP contribution in [0.3, 0.4) is 0 Å². The van der Waals surface area contributed by atoms with E-state index in [4.69, 9.17) is 5.11 Å². The molecule has 0 aliphatic rings. The van der Waals surface area contributed by atoms with E-state index in [1.807, 2.05) is 32.2 Å². The van der Waals surface area contributed by atoms with Crippen molar-refractivity contribution in [3.63, 3.8) is 0 Å². The lowest BCUT2D eigenvalue weighted by atomic mass is 9.84. The summed E-state index contributed by atoms with van der Waals surface area (Å²) in [4.78, 5) is 11.1. The number of tetrazole rings is 1. The van der Waals surface area contributed by atoms with Crippen LogP contribution in [-0.4, -0.2) is 31.3 Å². The Labute approximate surface area is 128 Å². The third kappa shape index (κ3) is 3.24. The Morgan fingerprint density at radius 1 is 1.55 bits per heavy atom. The number of hydrogen-bond donors (Lipinski definition) is 1. The second kappa shape index (κ2) is 5.61. The van der Waals surface area contributed by atoms with Crippen LogP contribution in [0.4, 0.5) is 0 Å². The maximum atomic E-state index is 11.1. The lowest BCUT2D eigenvalue weighted by Gasteiger charge is -2.29. The van der Waals surface area contributed by atoms with Gasteiger partial charge in [-0.2, -0.15) is 0 Å². The van der Waals surface area contributed by atoms with Crippen molar-refractivity contribution >= 4 is 33.2 Å². The fourth-order valence-corrected chi connectivity index (χ4v) is 3.08. The van der Waals surface area contributed by atoms with Gasteiger partial charge in [0, 0.05) is 10.9 Å². The van der Waals surface area contributed by atoms with Crippen molar-refractivity contribution in [2.75, 3.05) is 0 Å². The smallest absolute Gasteiger partial charge is 0.305 e. The molecular formula is C12H15BrN4O2S. The second-order valence-electron chi connectivity index (χ2n) is 5.57. The average molecular weight is 359 g/mol. The van der Waals surface area contributed by atoms with Crippen molar-refractivity contribution in [3.8, 4) is 11.4 Å². The summed E-state index contributed by atoms with van der Waals surface area (Å²) < 4.78 is 2.59. The number of carbonyl (C=O) groups is 1. The van der Waals surface area contributed by atoms with Gasteiger partial charge in [0.15, 0.2) is 5.82 Å². The maximum Gasteiger partial charge on any atom is 0.305 e. The van der Waals surface area contributed by atoms with Crippen molar-refractivity contribution < 1.29 is 9.90 Å². The van der Waals surface area contributed by atoms with E-state index in [-0.39, 0.29) is 17.9 Å². The Kier molecular flexibility index (Phi) is 4.24. The quantitative estimate of drug-likeness (QED) is 0.907. The van der Waals surface area contributed by atoms with E-state index in [0.29, 0.717) is 5.82 Å². The molecule has 0 radical (unpaired) electrons. The number of aromatic nitrogens is 4. The monoisotopic (exact) mass is 358 g/mol. The van der Waals surface area contributed by atoms with E-state index in [2.05, 4.69) is 31.5 Å². The van der Waals surface area contributed by atoms with Crippen LogP contribution in [0.15, 0.2) is 15.2 Å². The summed E-state index contributed by atoms with van der Waals surface area (Å²) in [5.74, 6) is -0.272. The highest BCUT2D eigenvalue weighted by molar-refractivity contribution is 9.11. The minimum Gasteiger partial charge on any atom is -0.481 e. The Hall–Kier alpha value is -1.28. The topological polar surface area (TPSA) is 80.9 Å². The van der Waals surface area contributed by atoms with Gasteiger partial charge in [-0.3, -0.25) is 4.79 Å². The normalized spacial score (nSPS) is 13.4. The molecule has 1 N–H and O–H groups in total. The van der Waals surface area contributed by atoms with Crippen LogP contribution in [0, 0.1) is 5.41 Å². The van der Waals surface area contributed by atoms with Gasteiger partial charge in [-0.25, -0.2) is 4.68 Å². The molecule has 2 rings (SSSR count). The first-order chi connectivity index (χ1) is 9.29. The predicted octanol–water partition coefficient (Wildman–Crippen LogP) is 3.23. The molecular weight excluding hydrogens is 344 g/mol. The molecule has 1 atom stereocenters. The van der Waals surface area contributed by atoms with Crippen LogP contribution in [0.25, 0.3) is 11.4 Å². The molecule has 0 bridgehead atoms. The summed E-state index contributed by atoms with van der Waals surface area (Å²) in [5.41, 5.74) is 0.613. The van der Waals surface area contributed by atoms with Crippen LogP contribution in [0.1, 0.15) is 33.2 Å².